The topological polar surface area (TPSA) is 46.3 Å². The molecule has 1 unspecified atom stereocenters. The minimum absolute atomic E-state index is 0.0630. The molecule has 2 N–H and O–H groups in total. The van der Waals surface area contributed by atoms with E-state index in [1.54, 1.807) is 11.3 Å². The van der Waals surface area contributed by atoms with Gasteiger partial charge in [0.05, 0.1) is 0 Å². The molecule has 0 spiro atoms. The molecule has 3 nitrogen and oxygen atoms in total. The summed E-state index contributed by atoms with van der Waals surface area (Å²) in [5.74, 6) is 0.0630. The third-order valence-electron chi connectivity index (χ3n) is 3.10. The van der Waals surface area contributed by atoms with Gasteiger partial charge in [-0.2, -0.15) is 0 Å². The lowest BCUT2D eigenvalue weighted by Crippen LogP contribution is -2.37. The molecule has 2 rings (SSSR count). The van der Waals surface area contributed by atoms with Crippen LogP contribution in [0.4, 0.5) is 0 Å². The van der Waals surface area contributed by atoms with Gasteiger partial charge in [0.1, 0.15) is 6.04 Å². The van der Waals surface area contributed by atoms with E-state index in [0.29, 0.717) is 0 Å². The first-order valence-electron chi connectivity index (χ1n) is 5.57. The number of nitrogens with two attached hydrogens (primary N) is 1. The van der Waals surface area contributed by atoms with Crippen LogP contribution in [-0.4, -0.2) is 23.9 Å². The van der Waals surface area contributed by atoms with Crippen LogP contribution in [0.3, 0.4) is 0 Å². The standard InChI is InChI=1S/C12H18N2OS/c1-12(2)5-6-14(8-12)11(15)10(13)9-4-3-7-16-9/h3-4,7,10H,5-6,8,13H2,1-2H3. The van der Waals surface area contributed by atoms with Gasteiger partial charge in [0, 0.05) is 18.0 Å². The molecule has 0 aliphatic carbocycles. The molecule has 1 aromatic rings. The van der Waals surface area contributed by atoms with Crippen LogP contribution in [0.5, 0.6) is 0 Å². The fourth-order valence-corrected chi connectivity index (χ4v) is 2.81. The average Bonchev–Trinajstić information content (AvgIpc) is 2.84. The van der Waals surface area contributed by atoms with E-state index in [-0.39, 0.29) is 11.3 Å². The Hall–Kier alpha value is -0.870. The van der Waals surface area contributed by atoms with E-state index in [9.17, 15) is 4.79 Å². The van der Waals surface area contributed by atoms with Crippen molar-refractivity contribution < 1.29 is 4.79 Å². The van der Waals surface area contributed by atoms with Gasteiger partial charge in [-0.25, -0.2) is 0 Å². The van der Waals surface area contributed by atoms with Gasteiger partial charge in [-0.3, -0.25) is 4.79 Å². The summed E-state index contributed by atoms with van der Waals surface area (Å²) in [6.45, 7) is 6.05. The third-order valence-corrected chi connectivity index (χ3v) is 4.06. The van der Waals surface area contributed by atoms with Crippen molar-refractivity contribution in [2.45, 2.75) is 26.3 Å². The molecule has 16 heavy (non-hydrogen) atoms. The summed E-state index contributed by atoms with van der Waals surface area (Å²) >= 11 is 1.55. The molecule has 0 bridgehead atoms. The van der Waals surface area contributed by atoms with Crippen LogP contribution in [0.1, 0.15) is 31.2 Å². The minimum atomic E-state index is -0.478. The Labute approximate surface area is 100 Å². The molecule has 1 amide bonds. The van der Waals surface area contributed by atoms with Crippen molar-refractivity contribution in [1.29, 1.82) is 0 Å². The summed E-state index contributed by atoms with van der Waals surface area (Å²) < 4.78 is 0. The molecule has 88 valence electrons. The average molecular weight is 238 g/mol. The number of nitrogens with zero attached hydrogens (tertiary/aromatic N) is 1. The summed E-state index contributed by atoms with van der Waals surface area (Å²) in [6.07, 6.45) is 1.07. The summed E-state index contributed by atoms with van der Waals surface area (Å²) in [5, 5.41) is 1.95. The van der Waals surface area contributed by atoms with Crippen LogP contribution < -0.4 is 5.73 Å². The highest BCUT2D eigenvalue weighted by molar-refractivity contribution is 7.10. The van der Waals surface area contributed by atoms with E-state index in [2.05, 4.69) is 13.8 Å². The van der Waals surface area contributed by atoms with Gasteiger partial charge in [-0.1, -0.05) is 19.9 Å². The quantitative estimate of drug-likeness (QED) is 0.856. The molecule has 1 aromatic heterocycles. The Bertz CT molecular complexity index is 372. The van der Waals surface area contributed by atoms with Crippen molar-refractivity contribution >= 4 is 17.2 Å². The lowest BCUT2D eigenvalue weighted by atomic mass is 9.93. The summed E-state index contributed by atoms with van der Waals surface area (Å²) in [6, 6.07) is 3.38. The van der Waals surface area contributed by atoms with Crippen LogP contribution >= 0.6 is 11.3 Å². The van der Waals surface area contributed by atoms with Gasteiger partial charge < -0.3 is 10.6 Å². The van der Waals surface area contributed by atoms with Crippen molar-refractivity contribution in [3.05, 3.63) is 22.4 Å². The second kappa shape index (κ2) is 4.18. The Morgan fingerprint density at radius 2 is 2.38 bits per heavy atom. The first-order valence-corrected chi connectivity index (χ1v) is 6.45. The number of rotatable bonds is 2. The van der Waals surface area contributed by atoms with Gasteiger partial charge >= 0.3 is 0 Å². The maximum absolute atomic E-state index is 12.1. The molecular weight excluding hydrogens is 220 g/mol. The van der Waals surface area contributed by atoms with E-state index in [1.807, 2.05) is 22.4 Å². The maximum atomic E-state index is 12.1. The normalized spacial score (nSPS) is 21.1. The number of amides is 1. The molecule has 2 heterocycles. The van der Waals surface area contributed by atoms with Crippen LogP contribution in [0.25, 0.3) is 0 Å². The highest BCUT2D eigenvalue weighted by Crippen LogP contribution is 2.30. The molecule has 1 saturated heterocycles. The Morgan fingerprint density at radius 1 is 1.62 bits per heavy atom. The second-order valence-electron chi connectivity index (χ2n) is 5.17. The number of hydrogen-bond acceptors (Lipinski definition) is 3. The van der Waals surface area contributed by atoms with Crippen LogP contribution in [0.15, 0.2) is 17.5 Å². The zero-order valence-corrected chi connectivity index (χ0v) is 10.6. The molecule has 1 fully saturated rings. The van der Waals surface area contributed by atoms with Crippen LogP contribution in [0.2, 0.25) is 0 Å². The fourth-order valence-electron chi connectivity index (χ4n) is 2.09. The van der Waals surface area contributed by atoms with E-state index in [1.165, 1.54) is 0 Å². The van der Waals surface area contributed by atoms with E-state index < -0.39 is 6.04 Å². The fraction of sp³-hybridized carbons (Fsp3) is 0.583. The van der Waals surface area contributed by atoms with E-state index in [0.717, 1.165) is 24.4 Å². The lowest BCUT2D eigenvalue weighted by Gasteiger charge is -2.22. The Balaban J connectivity index is 2.04. The zero-order chi connectivity index (χ0) is 11.8. The number of thiophene rings is 1. The first-order chi connectivity index (χ1) is 7.49. The molecular formula is C12H18N2OS. The number of hydrogen-bond donors (Lipinski definition) is 1. The minimum Gasteiger partial charge on any atom is -0.340 e. The Morgan fingerprint density at radius 3 is 2.88 bits per heavy atom. The van der Waals surface area contributed by atoms with Crippen LogP contribution in [-0.2, 0) is 4.79 Å². The van der Waals surface area contributed by atoms with Gasteiger partial charge in [0.25, 0.3) is 0 Å². The molecule has 0 aromatic carbocycles. The smallest absolute Gasteiger partial charge is 0.244 e. The van der Waals surface area contributed by atoms with Crippen LogP contribution in [0, 0.1) is 5.41 Å². The first kappa shape index (κ1) is 11.6. The van der Waals surface area contributed by atoms with E-state index in [4.69, 9.17) is 5.73 Å². The summed E-state index contributed by atoms with van der Waals surface area (Å²) in [5.41, 5.74) is 6.21. The van der Waals surface area contributed by atoms with Crippen molar-refractivity contribution in [2.75, 3.05) is 13.1 Å². The monoisotopic (exact) mass is 238 g/mol. The largest absolute Gasteiger partial charge is 0.340 e. The predicted octanol–water partition coefficient (Wildman–Crippen LogP) is 2.01. The predicted molar refractivity (Wildman–Crippen MR) is 66.2 cm³/mol. The van der Waals surface area contributed by atoms with E-state index >= 15 is 0 Å². The molecule has 1 aliphatic heterocycles. The zero-order valence-electron chi connectivity index (χ0n) is 9.77. The van der Waals surface area contributed by atoms with Gasteiger partial charge in [0.15, 0.2) is 0 Å². The molecule has 1 aliphatic rings. The van der Waals surface area contributed by atoms with Crippen molar-refractivity contribution in [3.8, 4) is 0 Å². The summed E-state index contributed by atoms with van der Waals surface area (Å²) in [4.78, 5) is 15.0. The van der Waals surface area contributed by atoms with Crippen molar-refractivity contribution in [2.24, 2.45) is 11.1 Å². The molecule has 0 saturated carbocycles. The number of likely N-dealkylation sites (tertiary alicyclic amines) is 1. The summed E-state index contributed by atoms with van der Waals surface area (Å²) in [7, 11) is 0. The highest BCUT2D eigenvalue weighted by atomic mass is 32.1. The lowest BCUT2D eigenvalue weighted by molar-refractivity contribution is -0.131. The van der Waals surface area contributed by atoms with Gasteiger partial charge in [-0.15, -0.1) is 11.3 Å². The van der Waals surface area contributed by atoms with Crippen molar-refractivity contribution in [1.82, 2.24) is 4.90 Å². The van der Waals surface area contributed by atoms with Gasteiger partial charge in [0.2, 0.25) is 5.91 Å². The SMILES string of the molecule is CC1(C)CCN(C(=O)C(N)c2cccs2)C1. The second-order valence-corrected chi connectivity index (χ2v) is 6.15. The molecule has 4 heteroatoms. The number of carbonyl (C=O) groups excluding carboxylic acids is 1. The van der Waals surface area contributed by atoms with Gasteiger partial charge in [-0.05, 0) is 23.3 Å². The van der Waals surface area contributed by atoms with Crippen molar-refractivity contribution in [3.63, 3.8) is 0 Å². The highest BCUT2D eigenvalue weighted by Gasteiger charge is 2.34. The molecule has 1 atom stereocenters. The number of carbonyl (C=O) groups is 1. The Kier molecular flexibility index (Phi) is 3.04. The molecule has 0 radical (unpaired) electrons. The third kappa shape index (κ3) is 2.28. The maximum Gasteiger partial charge on any atom is 0.244 e.